The van der Waals surface area contributed by atoms with Crippen molar-refractivity contribution in [1.82, 2.24) is 5.32 Å². The molecular weight excluding hydrogens is 374 g/mol. The van der Waals surface area contributed by atoms with Crippen molar-refractivity contribution in [2.24, 2.45) is 23.7 Å². The van der Waals surface area contributed by atoms with Gasteiger partial charge in [-0.25, -0.2) is 0 Å². The van der Waals surface area contributed by atoms with E-state index in [0.29, 0.717) is 24.7 Å². The van der Waals surface area contributed by atoms with Crippen molar-refractivity contribution in [1.29, 1.82) is 0 Å². The van der Waals surface area contributed by atoms with Gasteiger partial charge in [-0.2, -0.15) is 0 Å². The third-order valence-electron chi connectivity index (χ3n) is 6.72. The van der Waals surface area contributed by atoms with Gasteiger partial charge < -0.3 is 15.5 Å². The lowest BCUT2D eigenvalue weighted by Gasteiger charge is -2.19. The molecule has 2 fully saturated rings. The highest BCUT2D eigenvalue weighted by molar-refractivity contribution is 5.75. The van der Waals surface area contributed by atoms with Gasteiger partial charge in [-0.05, 0) is 63.2 Å². The van der Waals surface area contributed by atoms with E-state index in [1.807, 2.05) is 19.9 Å². The van der Waals surface area contributed by atoms with E-state index in [1.54, 1.807) is 0 Å². The first-order valence-corrected chi connectivity index (χ1v) is 11.8. The average molecular weight is 416 g/mol. The largest absolute Gasteiger partial charge is 0.392 e. The predicted octanol–water partition coefficient (Wildman–Crippen LogP) is 4.37. The lowest BCUT2D eigenvalue weighted by molar-refractivity contribution is -0.121. The van der Waals surface area contributed by atoms with E-state index in [2.05, 4.69) is 36.2 Å². The molecule has 0 spiro atoms. The number of fused-ring (bicyclic) bond motifs is 1. The maximum Gasteiger partial charge on any atom is 0.220 e. The molecule has 0 aromatic heterocycles. The summed E-state index contributed by atoms with van der Waals surface area (Å²) in [6.07, 6.45) is 13.7. The number of allylic oxidation sites excluding steroid dienone is 2. The molecule has 0 bridgehead atoms. The van der Waals surface area contributed by atoms with E-state index in [4.69, 9.17) is 0 Å². The van der Waals surface area contributed by atoms with Gasteiger partial charge in [0, 0.05) is 25.3 Å². The first-order valence-electron chi connectivity index (χ1n) is 11.8. The summed E-state index contributed by atoms with van der Waals surface area (Å²) >= 11 is 0. The second kappa shape index (κ2) is 13.0. The van der Waals surface area contributed by atoms with E-state index in [9.17, 15) is 15.0 Å². The van der Waals surface area contributed by atoms with Crippen molar-refractivity contribution in [3.05, 3.63) is 23.8 Å². The van der Waals surface area contributed by atoms with Gasteiger partial charge >= 0.3 is 0 Å². The molecule has 0 saturated heterocycles. The molecule has 2 aliphatic rings. The molecule has 0 aromatic carbocycles. The highest BCUT2D eigenvalue weighted by Crippen LogP contribution is 2.50. The second-order valence-electron chi connectivity index (χ2n) is 9.15. The van der Waals surface area contributed by atoms with E-state index < -0.39 is 6.10 Å². The van der Waals surface area contributed by atoms with Crippen LogP contribution in [-0.2, 0) is 4.79 Å². The van der Waals surface area contributed by atoms with Gasteiger partial charge in [0.15, 0.2) is 0 Å². The van der Waals surface area contributed by atoms with E-state index in [-0.39, 0.29) is 23.8 Å². The molecule has 0 aliphatic heterocycles. The molecule has 1 amide bonds. The average Bonchev–Trinajstić information content (AvgIpc) is 3.24. The van der Waals surface area contributed by atoms with Crippen LogP contribution in [0, 0.1) is 35.5 Å². The van der Waals surface area contributed by atoms with Crippen LogP contribution >= 0.6 is 0 Å². The van der Waals surface area contributed by atoms with Crippen LogP contribution in [0.4, 0.5) is 0 Å². The fraction of sp³-hybridized carbons (Fsp3) is 0.731. The molecule has 4 nitrogen and oxygen atoms in total. The van der Waals surface area contributed by atoms with Crippen LogP contribution in [0.15, 0.2) is 23.8 Å². The summed E-state index contributed by atoms with van der Waals surface area (Å²) in [6.45, 7) is 6.74. The molecule has 2 aliphatic carbocycles. The van der Waals surface area contributed by atoms with Gasteiger partial charge in [-0.15, -0.1) is 11.8 Å². The van der Waals surface area contributed by atoms with Gasteiger partial charge in [-0.3, -0.25) is 4.79 Å². The van der Waals surface area contributed by atoms with E-state index >= 15 is 0 Å². The smallest absolute Gasteiger partial charge is 0.220 e. The minimum absolute atomic E-state index is 0.0984. The molecule has 0 heterocycles. The summed E-state index contributed by atoms with van der Waals surface area (Å²) in [5, 5.41) is 23.9. The standard InChI is InChI=1S/C26H41NO3/c1-4-6-10-19(3)24(28)14-13-22-23-17-20(16-21(23)18-25(22)29)11-8-9-12-26(30)27-15-7-5-2/h11,13-14,19,21-25,28-29H,5,7-10,12,15-18H2,1-3H3,(H,27,30)/b14-13+,20-11+/t19-,21+,22-,23+,24-,25-/m1/s1. The zero-order valence-electron chi connectivity index (χ0n) is 19.1. The normalized spacial score (nSPS) is 28.9. The molecule has 168 valence electrons. The molecule has 0 unspecified atom stereocenters. The second-order valence-corrected chi connectivity index (χ2v) is 9.15. The Labute approximate surface area is 183 Å². The van der Waals surface area contributed by atoms with Crippen LogP contribution in [0.1, 0.15) is 78.6 Å². The Bertz CT molecular complexity index is 657. The SMILES string of the molecule is CC#CC[C@@H](C)[C@H](O)/C=C/[C@@H]1[C@H]2C/C(=C/CCCC(=O)NCCCC)C[C@H]2C[C@H]1O. The van der Waals surface area contributed by atoms with Gasteiger partial charge in [0.25, 0.3) is 0 Å². The monoisotopic (exact) mass is 415 g/mol. The number of rotatable bonds is 11. The summed E-state index contributed by atoms with van der Waals surface area (Å²) in [4.78, 5) is 11.8. The Kier molecular flexibility index (Phi) is 10.7. The third kappa shape index (κ3) is 7.60. The summed E-state index contributed by atoms with van der Waals surface area (Å²) < 4.78 is 0. The Balaban J connectivity index is 1.79. The van der Waals surface area contributed by atoms with Gasteiger partial charge in [-0.1, -0.05) is 44.1 Å². The van der Waals surface area contributed by atoms with Crippen LogP contribution in [0.3, 0.4) is 0 Å². The number of unbranched alkanes of at least 4 members (excludes halogenated alkanes) is 2. The van der Waals surface area contributed by atoms with Crippen LogP contribution in [-0.4, -0.2) is 34.9 Å². The number of hydrogen-bond acceptors (Lipinski definition) is 3. The summed E-state index contributed by atoms with van der Waals surface area (Å²) in [5.41, 5.74) is 1.48. The molecule has 2 saturated carbocycles. The third-order valence-corrected chi connectivity index (χ3v) is 6.72. The maximum atomic E-state index is 11.8. The number of amides is 1. The van der Waals surface area contributed by atoms with Crippen LogP contribution in [0.2, 0.25) is 0 Å². The first-order chi connectivity index (χ1) is 14.5. The van der Waals surface area contributed by atoms with Crippen molar-refractivity contribution in [2.75, 3.05) is 6.54 Å². The number of hydrogen-bond donors (Lipinski definition) is 3. The molecule has 0 aromatic rings. The molecule has 0 radical (unpaired) electrons. The zero-order valence-corrected chi connectivity index (χ0v) is 19.1. The molecule has 3 N–H and O–H groups in total. The zero-order chi connectivity index (χ0) is 21.9. The highest BCUT2D eigenvalue weighted by atomic mass is 16.3. The van der Waals surface area contributed by atoms with Crippen molar-refractivity contribution >= 4 is 5.91 Å². The van der Waals surface area contributed by atoms with Crippen molar-refractivity contribution in [3.63, 3.8) is 0 Å². The minimum Gasteiger partial charge on any atom is -0.392 e. The van der Waals surface area contributed by atoms with Gasteiger partial charge in [0.05, 0.1) is 12.2 Å². The molecular formula is C26H41NO3. The maximum absolute atomic E-state index is 11.8. The number of carbonyl (C=O) groups excluding carboxylic acids is 1. The Hall–Kier alpha value is -1.57. The topological polar surface area (TPSA) is 69.6 Å². The summed E-state index contributed by atoms with van der Waals surface area (Å²) in [5.74, 6) is 7.31. The van der Waals surface area contributed by atoms with Crippen molar-refractivity contribution in [3.8, 4) is 11.8 Å². The Morgan fingerprint density at radius 1 is 1.33 bits per heavy atom. The van der Waals surface area contributed by atoms with E-state index in [1.165, 1.54) is 5.57 Å². The lowest BCUT2D eigenvalue weighted by atomic mass is 9.89. The highest BCUT2D eigenvalue weighted by Gasteiger charge is 2.44. The minimum atomic E-state index is -0.517. The lowest BCUT2D eigenvalue weighted by Crippen LogP contribution is -2.23. The Morgan fingerprint density at radius 2 is 2.13 bits per heavy atom. The predicted molar refractivity (Wildman–Crippen MR) is 123 cm³/mol. The number of aliphatic hydroxyl groups excluding tert-OH is 2. The number of carbonyl (C=O) groups is 1. The fourth-order valence-corrected chi connectivity index (χ4v) is 4.82. The quantitative estimate of drug-likeness (QED) is 0.267. The molecule has 4 heteroatoms. The molecule has 2 rings (SSSR count). The van der Waals surface area contributed by atoms with Gasteiger partial charge in [0.2, 0.25) is 5.91 Å². The number of aliphatic hydroxyl groups is 2. The molecule has 30 heavy (non-hydrogen) atoms. The first kappa shape index (κ1) is 24.7. The Morgan fingerprint density at radius 3 is 2.87 bits per heavy atom. The number of nitrogens with one attached hydrogen (secondary N) is 1. The summed E-state index contributed by atoms with van der Waals surface area (Å²) in [6, 6.07) is 0. The van der Waals surface area contributed by atoms with Gasteiger partial charge in [0.1, 0.15) is 0 Å². The van der Waals surface area contributed by atoms with Crippen LogP contribution < -0.4 is 5.32 Å². The summed E-state index contributed by atoms with van der Waals surface area (Å²) in [7, 11) is 0. The van der Waals surface area contributed by atoms with E-state index in [0.717, 1.165) is 51.5 Å². The van der Waals surface area contributed by atoms with Crippen LogP contribution in [0.5, 0.6) is 0 Å². The van der Waals surface area contributed by atoms with Crippen molar-refractivity contribution < 1.29 is 15.0 Å². The van der Waals surface area contributed by atoms with Crippen molar-refractivity contribution in [2.45, 2.75) is 90.8 Å². The fourth-order valence-electron chi connectivity index (χ4n) is 4.82. The molecule has 6 atom stereocenters. The van der Waals surface area contributed by atoms with Crippen LogP contribution in [0.25, 0.3) is 0 Å².